The van der Waals surface area contributed by atoms with Crippen molar-refractivity contribution in [2.24, 2.45) is 7.05 Å². The monoisotopic (exact) mass is 362 g/mol. The molecule has 136 valence electrons. The normalized spacial score (nSPS) is 16.3. The number of morpholine rings is 1. The average molecular weight is 362 g/mol. The van der Waals surface area contributed by atoms with Gasteiger partial charge in [0.25, 0.3) is 0 Å². The summed E-state index contributed by atoms with van der Waals surface area (Å²) in [5, 5.41) is 3.93. The van der Waals surface area contributed by atoms with E-state index in [1.165, 1.54) is 11.8 Å². The number of thioether (sulfide) groups is 1. The van der Waals surface area contributed by atoms with Crippen molar-refractivity contribution in [3.05, 3.63) is 24.3 Å². The van der Waals surface area contributed by atoms with Crippen LogP contribution in [0.15, 0.2) is 29.4 Å². The minimum Gasteiger partial charge on any atom is -0.379 e. The summed E-state index contributed by atoms with van der Waals surface area (Å²) in [6.45, 7) is 8.32. The van der Waals surface area contributed by atoms with Crippen molar-refractivity contribution in [2.75, 3.05) is 38.6 Å². The van der Waals surface area contributed by atoms with Crippen LogP contribution in [0.1, 0.15) is 13.8 Å². The highest BCUT2D eigenvalue weighted by Crippen LogP contribution is 2.22. The molecule has 0 bridgehead atoms. The van der Waals surface area contributed by atoms with Gasteiger partial charge in [-0.2, -0.15) is 0 Å². The maximum Gasteiger partial charge on any atom is 0.230 e. The highest BCUT2D eigenvalue weighted by Gasteiger charge is 2.28. The standard InChI is InChI=1S/C18H26N4O2S/c1-18(2,22-8-10-24-11-9-22)13-19-16(23)12-25-17-20-14-6-4-5-7-15(14)21(17)3/h4-7H,8-13H2,1-3H3,(H,19,23). The third-order valence-corrected chi connectivity index (χ3v) is 5.69. The maximum atomic E-state index is 12.3. The van der Waals surface area contributed by atoms with Crippen molar-refractivity contribution >= 4 is 28.7 Å². The first-order valence-corrected chi connectivity index (χ1v) is 9.60. The first-order valence-electron chi connectivity index (χ1n) is 8.61. The molecule has 0 unspecified atom stereocenters. The van der Waals surface area contributed by atoms with E-state index in [1.807, 2.05) is 35.9 Å². The van der Waals surface area contributed by atoms with Crippen LogP contribution < -0.4 is 5.32 Å². The lowest BCUT2D eigenvalue weighted by Gasteiger charge is -2.40. The molecule has 0 saturated carbocycles. The molecule has 7 heteroatoms. The fourth-order valence-electron chi connectivity index (χ4n) is 3.03. The Morgan fingerprint density at radius 3 is 2.76 bits per heavy atom. The number of imidazole rings is 1. The topological polar surface area (TPSA) is 59.4 Å². The third-order valence-electron chi connectivity index (χ3n) is 4.66. The number of hydrogen-bond donors (Lipinski definition) is 1. The first-order chi connectivity index (χ1) is 12.0. The van der Waals surface area contributed by atoms with Crippen molar-refractivity contribution in [3.8, 4) is 0 Å². The van der Waals surface area contributed by atoms with Crippen LogP contribution in [-0.2, 0) is 16.6 Å². The molecule has 0 aliphatic carbocycles. The van der Waals surface area contributed by atoms with Crippen molar-refractivity contribution in [1.82, 2.24) is 19.8 Å². The van der Waals surface area contributed by atoms with Crippen molar-refractivity contribution < 1.29 is 9.53 Å². The maximum absolute atomic E-state index is 12.3. The summed E-state index contributed by atoms with van der Waals surface area (Å²) in [5.74, 6) is 0.412. The number of amides is 1. The van der Waals surface area contributed by atoms with Gasteiger partial charge in [-0.05, 0) is 26.0 Å². The highest BCUT2D eigenvalue weighted by atomic mass is 32.2. The van der Waals surface area contributed by atoms with Gasteiger partial charge in [-0.15, -0.1) is 0 Å². The second kappa shape index (κ2) is 7.76. The molecule has 3 rings (SSSR count). The predicted octanol–water partition coefficient (Wildman–Crippen LogP) is 1.89. The van der Waals surface area contributed by atoms with E-state index in [0.717, 1.165) is 42.5 Å². The second-order valence-corrected chi connectivity index (χ2v) is 7.86. The molecule has 25 heavy (non-hydrogen) atoms. The van der Waals surface area contributed by atoms with Crippen LogP contribution >= 0.6 is 11.8 Å². The van der Waals surface area contributed by atoms with Gasteiger partial charge in [-0.3, -0.25) is 9.69 Å². The van der Waals surface area contributed by atoms with Gasteiger partial charge in [0.15, 0.2) is 5.16 Å². The Labute approximate surface area is 152 Å². The number of nitrogens with zero attached hydrogens (tertiary/aromatic N) is 3. The van der Waals surface area contributed by atoms with Gasteiger partial charge in [0, 0.05) is 32.2 Å². The van der Waals surface area contributed by atoms with Gasteiger partial charge in [0.2, 0.25) is 5.91 Å². The van der Waals surface area contributed by atoms with E-state index in [4.69, 9.17) is 4.74 Å². The zero-order chi connectivity index (χ0) is 17.9. The smallest absolute Gasteiger partial charge is 0.230 e. The lowest BCUT2D eigenvalue weighted by atomic mass is 10.0. The number of carbonyl (C=O) groups is 1. The lowest BCUT2D eigenvalue weighted by Crippen LogP contribution is -2.55. The van der Waals surface area contributed by atoms with E-state index in [9.17, 15) is 4.79 Å². The minimum atomic E-state index is -0.0674. The van der Waals surface area contributed by atoms with Gasteiger partial charge < -0.3 is 14.6 Å². The van der Waals surface area contributed by atoms with Gasteiger partial charge >= 0.3 is 0 Å². The zero-order valence-electron chi connectivity index (χ0n) is 15.1. The van der Waals surface area contributed by atoms with Crippen LogP contribution in [0.3, 0.4) is 0 Å². The summed E-state index contributed by atoms with van der Waals surface area (Å²) < 4.78 is 7.44. The molecule has 1 aromatic heterocycles. The van der Waals surface area contributed by atoms with E-state index >= 15 is 0 Å². The summed E-state index contributed by atoms with van der Waals surface area (Å²) in [4.78, 5) is 19.2. The molecule has 1 aromatic carbocycles. The fraction of sp³-hybridized carbons (Fsp3) is 0.556. The molecule has 1 aliphatic rings. The molecule has 0 atom stereocenters. The minimum absolute atomic E-state index is 0.0402. The van der Waals surface area contributed by atoms with Gasteiger partial charge in [0.05, 0.1) is 30.0 Å². The first kappa shape index (κ1) is 18.2. The van der Waals surface area contributed by atoms with Crippen LogP contribution in [0.4, 0.5) is 0 Å². The largest absolute Gasteiger partial charge is 0.379 e. The van der Waals surface area contributed by atoms with Crippen molar-refractivity contribution in [3.63, 3.8) is 0 Å². The van der Waals surface area contributed by atoms with E-state index in [1.54, 1.807) is 0 Å². The van der Waals surface area contributed by atoms with E-state index in [-0.39, 0.29) is 11.4 Å². The Hall–Kier alpha value is -1.57. The molecule has 2 heterocycles. The Balaban J connectivity index is 1.51. The Kier molecular flexibility index (Phi) is 5.66. The van der Waals surface area contributed by atoms with Crippen LogP contribution in [0.25, 0.3) is 11.0 Å². The molecule has 1 amide bonds. The van der Waals surface area contributed by atoms with Gasteiger partial charge in [-0.1, -0.05) is 23.9 Å². The van der Waals surface area contributed by atoms with Crippen LogP contribution in [0.5, 0.6) is 0 Å². The van der Waals surface area contributed by atoms with E-state index in [0.29, 0.717) is 12.3 Å². The molecular formula is C18H26N4O2S. The molecule has 0 radical (unpaired) electrons. The average Bonchev–Trinajstić information content (AvgIpc) is 2.95. The molecule has 6 nitrogen and oxygen atoms in total. The third kappa shape index (κ3) is 4.34. The summed E-state index contributed by atoms with van der Waals surface area (Å²) >= 11 is 1.47. The summed E-state index contributed by atoms with van der Waals surface area (Å²) in [7, 11) is 1.98. The van der Waals surface area contributed by atoms with E-state index < -0.39 is 0 Å². The number of benzene rings is 1. The summed E-state index contributed by atoms with van der Waals surface area (Å²) in [6, 6.07) is 8.00. The molecule has 1 fully saturated rings. The summed E-state index contributed by atoms with van der Waals surface area (Å²) in [6.07, 6.45) is 0. The van der Waals surface area contributed by atoms with Crippen molar-refractivity contribution in [1.29, 1.82) is 0 Å². The molecular weight excluding hydrogens is 336 g/mol. The molecule has 1 N–H and O–H groups in total. The zero-order valence-corrected chi connectivity index (χ0v) is 15.9. The number of carbonyl (C=O) groups excluding carboxylic acids is 1. The highest BCUT2D eigenvalue weighted by molar-refractivity contribution is 7.99. The van der Waals surface area contributed by atoms with Crippen molar-refractivity contribution in [2.45, 2.75) is 24.5 Å². The van der Waals surface area contributed by atoms with Crippen LogP contribution in [0.2, 0.25) is 0 Å². The van der Waals surface area contributed by atoms with Crippen LogP contribution in [-0.4, -0.2) is 64.5 Å². The second-order valence-electron chi connectivity index (χ2n) is 6.92. The number of aromatic nitrogens is 2. The number of rotatable bonds is 6. The van der Waals surface area contributed by atoms with Gasteiger partial charge in [0.1, 0.15) is 0 Å². The number of fused-ring (bicyclic) bond motifs is 1. The van der Waals surface area contributed by atoms with E-state index in [2.05, 4.69) is 29.0 Å². The Morgan fingerprint density at radius 2 is 2.04 bits per heavy atom. The molecule has 2 aromatic rings. The molecule has 1 aliphatic heterocycles. The SMILES string of the molecule is Cn1c(SCC(=O)NCC(C)(C)N2CCOCC2)nc2ccccc21. The molecule has 1 saturated heterocycles. The Bertz CT molecular complexity index is 738. The molecule has 0 spiro atoms. The van der Waals surface area contributed by atoms with Gasteiger partial charge in [-0.25, -0.2) is 4.98 Å². The fourth-order valence-corrected chi connectivity index (χ4v) is 3.85. The number of aryl methyl sites for hydroxylation is 1. The number of ether oxygens (including phenoxy) is 1. The summed E-state index contributed by atoms with van der Waals surface area (Å²) in [5.41, 5.74) is 1.97. The number of para-hydroxylation sites is 2. The predicted molar refractivity (Wildman–Crippen MR) is 101 cm³/mol. The van der Waals surface area contributed by atoms with Crippen LogP contribution in [0, 0.1) is 0 Å². The number of hydrogen-bond acceptors (Lipinski definition) is 5. The Morgan fingerprint density at radius 1 is 1.32 bits per heavy atom. The quantitative estimate of drug-likeness (QED) is 0.796. The number of nitrogens with one attached hydrogen (secondary N) is 1. The lowest BCUT2D eigenvalue weighted by molar-refractivity contribution is -0.119.